The fraction of sp³-hybridized carbons (Fsp3) is 0.545. The molecule has 0 saturated carbocycles. The van der Waals surface area contributed by atoms with Gasteiger partial charge < -0.3 is 9.47 Å². The summed E-state index contributed by atoms with van der Waals surface area (Å²) in [7, 11) is 0. The molecule has 0 amide bonds. The first-order valence-corrected chi connectivity index (χ1v) is 5.36. The molecule has 0 aromatic carbocycles. The molecule has 19 heavy (non-hydrogen) atoms. The maximum absolute atomic E-state index is 12.0. The molecule has 8 heteroatoms. The first kappa shape index (κ1) is 17.1. The number of halogens is 3. The molecule has 0 bridgehead atoms. The van der Waals surface area contributed by atoms with Crippen LogP contribution < -0.4 is 0 Å². The molecule has 108 valence electrons. The van der Waals surface area contributed by atoms with E-state index in [0.29, 0.717) is 6.08 Å². The second-order valence-electron chi connectivity index (χ2n) is 3.20. The zero-order chi connectivity index (χ0) is 15.1. The molecule has 0 aromatic heterocycles. The number of alkyl halides is 3. The summed E-state index contributed by atoms with van der Waals surface area (Å²) in [5.41, 5.74) is 0. The molecule has 0 aromatic rings. The highest BCUT2D eigenvalue weighted by Gasteiger charge is 2.37. The average molecular weight is 282 g/mol. The van der Waals surface area contributed by atoms with Gasteiger partial charge >= 0.3 is 18.1 Å². The van der Waals surface area contributed by atoms with E-state index in [1.54, 1.807) is 0 Å². The third-order valence-corrected chi connectivity index (χ3v) is 1.80. The van der Waals surface area contributed by atoms with Gasteiger partial charge in [0.2, 0.25) is 0 Å². The van der Waals surface area contributed by atoms with Crippen LogP contribution in [0.15, 0.2) is 12.2 Å². The zero-order valence-electron chi connectivity index (χ0n) is 10.3. The predicted molar refractivity (Wildman–Crippen MR) is 57.0 cm³/mol. The largest absolute Gasteiger partial charge is 0.465 e. The Bertz CT molecular complexity index is 355. The highest BCUT2D eigenvalue weighted by Crippen LogP contribution is 2.17. The van der Waals surface area contributed by atoms with Crippen LogP contribution in [0, 0.1) is 5.92 Å². The van der Waals surface area contributed by atoms with Crippen LogP contribution in [0.4, 0.5) is 13.2 Å². The average Bonchev–Trinajstić information content (AvgIpc) is 2.28. The van der Waals surface area contributed by atoms with E-state index < -0.39 is 29.8 Å². The Kier molecular flexibility index (Phi) is 6.81. The molecule has 0 fully saturated rings. The molecular formula is C11H13F3O5. The minimum absolute atomic E-state index is 0.0597. The molecule has 0 aliphatic rings. The van der Waals surface area contributed by atoms with Gasteiger partial charge in [0.25, 0.3) is 5.78 Å². The van der Waals surface area contributed by atoms with Crippen LogP contribution >= 0.6 is 0 Å². The number of carbonyl (C=O) groups excluding carboxylic acids is 3. The molecule has 0 atom stereocenters. The highest BCUT2D eigenvalue weighted by atomic mass is 19.4. The molecule has 0 radical (unpaired) electrons. The van der Waals surface area contributed by atoms with E-state index in [-0.39, 0.29) is 19.3 Å². The molecule has 0 N–H and O–H groups in total. The summed E-state index contributed by atoms with van der Waals surface area (Å²) in [4.78, 5) is 33.3. The van der Waals surface area contributed by atoms with Crippen molar-refractivity contribution in [3.05, 3.63) is 12.2 Å². The van der Waals surface area contributed by atoms with Gasteiger partial charge in [-0.05, 0) is 19.9 Å². The fourth-order valence-electron chi connectivity index (χ4n) is 0.996. The van der Waals surface area contributed by atoms with E-state index in [0.717, 1.165) is 0 Å². The van der Waals surface area contributed by atoms with Gasteiger partial charge in [0.05, 0.1) is 13.2 Å². The highest BCUT2D eigenvalue weighted by molar-refractivity contribution is 6.00. The van der Waals surface area contributed by atoms with Crippen molar-refractivity contribution in [1.29, 1.82) is 0 Å². The van der Waals surface area contributed by atoms with Crippen LogP contribution in [0.5, 0.6) is 0 Å². The van der Waals surface area contributed by atoms with Gasteiger partial charge in [0.1, 0.15) is 0 Å². The molecule has 0 heterocycles. The molecule has 0 unspecified atom stereocenters. The van der Waals surface area contributed by atoms with Gasteiger partial charge in [0.15, 0.2) is 5.92 Å². The Balaban J connectivity index is 4.96. The Hall–Kier alpha value is -1.86. The normalized spacial score (nSPS) is 11.7. The lowest BCUT2D eigenvalue weighted by atomic mass is 10.1. The summed E-state index contributed by atoms with van der Waals surface area (Å²) in [6.45, 7) is 2.81. The summed E-state index contributed by atoms with van der Waals surface area (Å²) >= 11 is 0. The van der Waals surface area contributed by atoms with E-state index >= 15 is 0 Å². The van der Waals surface area contributed by atoms with Crippen molar-refractivity contribution in [3.63, 3.8) is 0 Å². The first-order chi connectivity index (χ1) is 8.73. The van der Waals surface area contributed by atoms with Crippen LogP contribution in [0.25, 0.3) is 0 Å². The number of hydrogen-bond donors (Lipinski definition) is 0. The topological polar surface area (TPSA) is 69.7 Å². The quantitative estimate of drug-likeness (QED) is 0.418. The van der Waals surface area contributed by atoms with Crippen LogP contribution in [-0.4, -0.2) is 37.1 Å². The summed E-state index contributed by atoms with van der Waals surface area (Å²) in [6, 6.07) is 0. The second-order valence-corrected chi connectivity index (χ2v) is 3.20. The van der Waals surface area contributed by atoms with Crippen molar-refractivity contribution < 1.29 is 37.0 Å². The van der Waals surface area contributed by atoms with Gasteiger partial charge in [-0.1, -0.05) is 6.08 Å². The summed E-state index contributed by atoms with van der Waals surface area (Å²) < 4.78 is 44.9. The summed E-state index contributed by atoms with van der Waals surface area (Å²) in [5.74, 6) is -6.02. The van der Waals surface area contributed by atoms with E-state index in [2.05, 4.69) is 9.47 Å². The van der Waals surface area contributed by atoms with Crippen molar-refractivity contribution in [2.45, 2.75) is 20.0 Å². The van der Waals surface area contributed by atoms with E-state index in [1.807, 2.05) is 0 Å². The third kappa shape index (κ3) is 6.03. The SMILES string of the molecule is CCOC(=O)C(/C=C/C(=O)C(F)(F)F)C(=O)OCC. The van der Waals surface area contributed by atoms with E-state index in [1.165, 1.54) is 13.8 Å². The first-order valence-electron chi connectivity index (χ1n) is 5.36. The Morgan fingerprint density at radius 3 is 1.79 bits per heavy atom. The number of carbonyl (C=O) groups is 3. The fourth-order valence-corrected chi connectivity index (χ4v) is 0.996. The number of esters is 2. The van der Waals surface area contributed by atoms with Gasteiger partial charge in [0, 0.05) is 0 Å². The standard InChI is InChI=1S/C11H13F3O5/c1-3-18-9(16)7(10(17)19-4-2)5-6-8(15)11(12,13)14/h5-7H,3-4H2,1-2H3/b6-5+. The predicted octanol–water partition coefficient (Wildman–Crippen LogP) is 1.42. The molecule has 5 nitrogen and oxygen atoms in total. The summed E-state index contributed by atoms with van der Waals surface area (Å²) in [5, 5.41) is 0. The number of allylic oxidation sites excluding steroid dienone is 1. The monoisotopic (exact) mass is 282 g/mol. The number of rotatable bonds is 6. The van der Waals surface area contributed by atoms with E-state index in [9.17, 15) is 27.6 Å². The number of ether oxygens (including phenoxy) is 2. The minimum Gasteiger partial charge on any atom is -0.465 e. The smallest absolute Gasteiger partial charge is 0.454 e. The molecule has 0 saturated heterocycles. The maximum atomic E-state index is 12.0. The number of ketones is 1. The van der Waals surface area contributed by atoms with Crippen molar-refractivity contribution in [3.8, 4) is 0 Å². The van der Waals surface area contributed by atoms with Crippen molar-refractivity contribution in [2.24, 2.45) is 5.92 Å². The Labute approximate surface area is 107 Å². The van der Waals surface area contributed by atoms with Gasteiger partial charge in [-0.15, -0.1) is 0 Å². The van der Waals surface area contributed by atoms with Crippen molar-refractivity contribution in [2.75, 3.05) is 13.2 Å². The lowest BCUT2D eigenvalue weighted by molar-refractivity contribution is -0.165. The minimum atomic E-state index is -5.07. The molecule has 0 rings (SSSR count). The summed E-state index contributed by atoms with van der Waals surface area (Å²) in [6.07, 6.45) is -4.44. The van der Waals surface area contributed by atoms with Crippen LogP contribution in [0.1, 0.15) is 13.8 Å². The molecule has 0 spiro atoms. The molecule has 0 aliphatic carbocycles. The van der Waals surface area contributed by atoms with Crippen molar-refractivity contribution >= 4 is 17.7 Å². The van der Waals surface area contributed by atoms with Gasteiger partial charge in [-0.25, -0.2) is 0 Å². The third-order valence-electron chi connectivity index (χ3n) is 1.80. The Morgan fingerprint density at radius 2 is 1.47 bits per heavy atom. The van der Waals surface area contributed by atoms with Crippen molar-refractivity contribution in [1.82, 2.24) is 0 Å². The van der Waals surface area contributed by atoms with Crippen LogP contribution in [-0.2, 0) is 23.9 Å². The second kappa shape index (κ2) is 7.55. The van der Waals surface area contributed by atoms with Gasteiger partial charge in [-0.2, -0.15) is 13.2 Å². The van der Waals surface area contributed by atoms with Crippen LogP contribution in [0.3, 0.4) is 0 Å². The lowest BCUT2D eigenvalue weighted by Gasteiger charge is -2.10. The molecular weight excluding hydrogens is 269 g/mol. The van der Waals surface area contributed by atoms with E-state index in [4.69, 9.17) is 0 Å². The number of hydrogen-bond acceptors (Lipinski definition) is 5. The maximum Gasteiger partial charge on any atom is 0.454 e. The zero-order valence-corrected chi connectivity index (χ0v) is 10.3. The molecule has 0 aliphatic heterocycles. The Morgan fingerprint density at radius 1 is 1.05 bits per heavy atom. The van der Waals surface area contributed by atoms with Gasteiger partial charge in [-0.3, -0.25) is 14.4 Å². The van der Waals surface area contributed by atoms with Crippen LogP contribution in [0.2, 0.25) is 0 Å². The lowest BCUT2D eigenvalue weighted by Crippen LogP contribution is -2.27.